The molecule has 2 saturated carbocycles. The van der Waals surface area contributed by atoms with Crippen LogP contribution in [0.3, 0.4) is 0 Å². The minimum Gasteiger partial charge on any atom is -0.393 e. The van der Waals surface area contributed by atoms with Crippen LogP contribution in [0, 0.1) is 17.3 Å². The minimum atomic E-state index is -0.0852. The van der Waals surface area contributed by atoms with Crippen molar-refractivity contribution in [3.05, 3.63) is 12.2 Å². The van der Waals surface area contributed by atoms with Gasteiger partial charge in [0.15, 0.2) is 0 Å². The third-order valence-corrected chi connectivity index (χ3v) is 4.50. The van der Waals surface area contributed by atoms with Gasteiger partial charge in [-0.05, 0) is 42.9 Å². The van der Waals surface area contributed by atoms with Crippen LogP contribution in [-0.4, -0.2) is 11.2 Å². The largest absolute Gasteiger partial charge is 0.393 e. The molecule has 0 spiro atoms. The van der Waals surface area contributed by atoms with E-state index < -0.39 is 0 Å². The van der Waals surface area contributed by atoms with Gasteiger partial charge in [0.25, 0.3) is 0 Å². The summed E-state index contributed by atoms with van der Waals surface area (Å²) in [6, 6.07) is 0. The van der Waals surface area contributed by atoms with E-state index in [4.69, 9.17) is 0 Å². The summed E-state index contributed by atoms with van der Waals surface area (Å²) < 4.78 is 0. The monoisotopic (exact) mass is 180 g/mol. The van der Waals surface area contributed by atoms with Gasteiger partial charge in [0.2, 0.25) is 0 Å². The molecule has 0 heterocycles. The summed E-state index contributed by atoms with van der Waals surface area (Å²) in [5, 5.41) is 10.1. The molecule has 0 aromatic carbocycles. The van der Waals surface area contributed by atoms with Crippen molar-refractivity contribution in [3.63, 3.8) is 0 Å². The summed E-state index contributed by atoms with van der Waals surface area (Å²) in [6.07, 6.45) is 4.59. The maximum atomic E-state index is 10.1. The third kappa shape index (κ3) is 1.17. The summed E-state index contributed by atoms with van der Waals surface area (Å²) in [5.74, 6) is 0.979. The van der Waals surface area contributed by atoms with Gasteiger partial charge in [-0.2, -0.15) is 0 Å². The molecule has 1 N–H and O–H groups in total. The van der Waals surface area contributed by atoms with Crippen molar-refractivity contribution >= 4 is 0 Å². The van der Waals surface area contributed by atoms with E-state index in [1.165, 1.54) is 12.0 Å². The van der Waals surface area contributed by atoms with Crippen LogP contribution in [-0.2, 0) is 0 Å². The van der Waals surface area contributed by atoms with Crippen LogP contribution in [0.2, 0.25) is 0 Å². The highest BCUT2D eigenvalue weighted by molar-refractivity contribution is 5.19. The van der Waals surface area contributed by atoms with Gasteiger partial charge in [0.1, 0.15) is 0 Å². The number of aliphatic hydroxyl groups is 1. The van der Waals surface area contributed by atoms with E-state index in [9.17, 15) is 5.11 Å². The molecule has 2 fully saturated rings. The molecule has 2 rings (SSSR count). The fourth-order valence-corrected chi connectivity index (χ4v) is 3.20. The van der Waals surface area contributed by atoms with Crippen LogP contribution >= 0.6 is 0 Å². The lowest BCUT2D eigenvalue weighted by Crippen LogP contribution is -2.41. The number of fused-ring (bicyclic) bond motifs is 1. The normalized spacial score (nSPS) is 50.7. The van der Waals surface area contributed by atoms with E-state index in [1.54, 1.807) is 0 Å². The van der Waals surface area contributed by atoms with Crippen molar-refractivity contribution < 1.29 is 5.11 Å². The molecule has 0 amide bonds. The Balaban J connectivity index is 2.26. The number of hydrogen-bond donors (Lipinski definition) is 1. The highest BCUT2D eigenvalue weighted by Gasteiger charge is 2.49. The zero-order valence-corrected chi connectivity index (χ0v) is 8.71. The molecule has 74 valence electrons. The molecule has 0 radical (unpaired) electrons. The molecule has 0 aliphatic heterocycles. The fourth-order valence-electron chi connectivity index (χ4n) is 3.20. The third-order valence-electron chi connectivity index (χ3n) is 4.50. The Kier molecular flexibility index (Phi) is 2.03. The van der Waals surface area contributed by atoms with Gasteiger partial charge in [-0.15, -0.1) is 0 Å². The van der Waals surface area contributed by atoms with E-state index in [0.717, 1.165) is 19.3 Å². The first-order valence-corrected chi connectivity index (χ1v) is 5.42. The Morgan fingerprint density at radius 3 is 2.85 bits per heavy atom. The Morgan fingerprint density at radius 1 is 1.46 bits per heavy atom. The van der Waals surface area contributed by atoms with Gasteiger partial charge in [0.05, 0.1) is 6.10 Å². The second kappa shape index (κ2) is 2.84. The van der Waals surface area contributed by atoms with Gasteiger partial charge in [-0.25, -0.2) is 0 Å². The first kappa shape index (κ1) is 9.26. The molecule has 2 aliphatic rings. The number of allylic oxidation sites excluding steroid dienone is 1. The lowest BCUT2D eigenvalue weighted by Gasteiger charge is -2.43. The summed E-state index contributed by atoms with van der Waals surface area (Å²) in [4.78, 5) is 0. The fraction of sp³-hybridized carbons (Fsp3) is 0.833. The minimum absolute atomic E-state index is 0.0852. The highest BCUT2D eigenvalue weighted by Crippen LogP contribution is 2.55. The number of aliphatic hydroxyl groups excluding tert-OH is 1. The molecule has 0 aromatic heterocycles. The van der Waals surface area contributed by atoms with E-state index in [0.29, 0.717) is 11.8 Å². The van der Waals surface area contributed by atoms with Crippen molar-refractivity contribution in [2.24, 2.45) is 17.3 Å². The summed E-state index contributed by atoms with van der Waals surface area (Å²) >= 11 is 0. The average molecular weight is 180 g/mol. The second-order valence-electron chi connectivity index (χ2n) is 5.17. The molecule has 0 aromatic rings. The van der Waals surface area contributed by atoms with Crippen LogP contribution < -0.4 is 0 Å². The van der Waals surface area contributed by atoms with Gasteiger partial charge in [-0.1, -0.05) is 26.0 Å². The SMILES string of the molecule is C=C1CC[C@H]2[C@H](O)[C@@H](C)CC[C@@]12C. The van der Waals surface area contributed by atoms with E-state index in [2.05, 4.69) is 20.4 Å². The first-order chi connectivity index (χ1) is 6.05. The average Bonchev–Trinajstić information content (AvgIpc) is 2.39. The van der Waals surface area contributed by atoms with Crippen molar-refractivity contribution in [3.8, 4) is 0 Å². The van der Waals surface area contributed by atoms with Gasteiger partial charge < -0.3 is 5.11 Å². The van der Waals surface area contributed by atoms with Gasteiger partial charge in [0, 0.05) is 0 Å². The molecule has 2 aliphatic carbocycles. The summed E-state index contributed by atoms with van der Waals surface area (Å²) in [6.45, 7) is 8.62. The van der Waals surface area contributed by atoms with E-state index in [-0.39, 0.29) is 11.5 Å². The predicted molar refractivity (Wildman–Crippen MR) is 54.4 cm³/mol. The molecule has 13 heavy (non-hydrogen) atoms. The van der Waals surface area contributed by atoms with Gasteiger partial charge in [-0.3, -0.25) is 0 Å². The Hall–Kier alpha value is -0.300. The van der Waals surface area contributed by atoms with Crippen LogP contribution in [0.1, 0.15) is 39.5 Å². The molecule has 0 bridgehead atoms. The van der Waals surface area contributed by atoms with Crippen LogP contribution in [0.5, 0.6) is 0 Å². The standard InChI is InChI=1S/C12H20O/c1-8-6-7-12(3)9(2)4-5-10(12)11(8)13/h8,10-11,13H,2,4-7H2,1,3H3/t8-,10-,11+,12-/m0/s1. The molecule has 4 atom stereocenters. The van der Waals surface area contributed by atoms with Gasteiger partial charge >= 0.3 is 0 Å². The van der Waals surface area contributed by atoms with E-state index in [1.807, 2.05) is 0 Å². The molecule has 0 saturated heterocycles. The van der Waals surface area contributed by atoms with Crippen molar-refractivity contribution in [2.45, 2.75) is 45.6 Å². The lowest BCUT2D eigenvalue weighted by molar-refractivity contribution is -0.0234. The summed E-state index contributed by atoms with van der Waals surface area (Å²) in [5.41, 5.74) is 1.63. The number of hydrogen-bond acceptors (Lipinski definition) is 1. The van der Waals surface area contributed by atoms with Crippen LogP contribution in [0.25, 0.3) is 0 Å². The lowest BCUT2D eigenvalue weighted by atomic mass is 9.64. The molecule has 0 unspecified atom stereocenters. The second-order valence-corrected chi connectivity index (χ2v) is 5.17. The topological polar surface area (TPSA) is 20.2 Å². The zero-order chi connectivity index (χ0) is 9.64. The van der Waals surface area contributed by atoms with Crippen molar-refractivity contribution in [1.82, 2.24) is 0 Å². The van der Waals surface area contributed by atoms with Crippen molar-refractivity contribution in [2.75, 3.05) is 0 Å². The highest BCUT2D eigenvalue weighted by atomic mass is 16.3. The number of rotatable bonds is 0. The molecular formula is C12H20O. The zero-order valence-electron chi connectivity index (χ0n) is 8.71. The molecule has 1 heteroatoms. The molecular weight excluding hydrogens is 160 g/mol. The first-order valence-electron chi connectivity index (χ1n) is 5.42. The summed E-state index contributed by atoms with van der Waals surface area (Å²) in [7, 11) is 0. The Bertz CT molecular complexity index is 233. The molecule has 1 nitrogen and oxygen atoms in total. The Morgan fingerprint density at radius 2 is 2.15 bits per heavy atom. The van der Waals surface area contributed by atoms with Crippen LogP contribution in [0.4, 0.5) is 0 Å². The Labute approximate surface area is 80.8 Å². The van der Waals surface area contributed by atoms with E-state index >= 15 is 0 Å². The quantitative estimate of drug-likeness (QED) is 0.568. The maximum Gasteiger partial charge on any atom is 0.0602 e. The van der Waals surface area contributed by atoms with Crippen molar-refractivity contribution in [1.29, 1.82) is 0 Å². The van der Waals surface area contributed by atoms with Crippen LogP contribution in [0.15, 0.2) is 12.2 Å². The predicted octanol–water partition coefficient (Wildman–Crippen LogP) is 2.75. The maximum absolute atomic E-state index is 10.1. The smallest absolute Gasteiger partial charge is 0.0602 e.